The van der Waals surface area contributed by atoms with Gasteiger partial charge in [-0.05, 0) is 101 Å². The van der Waals surface area contributed by atoms with E-state index in [-0.39, 0.29) is 13.4 Å². The lowest BCUT2D eigenvalue weighted by molar-refractivity contribution is 0.668. The monoisotopic (exact) mass is 833 g/mol. The predicted molar refractivity (Wildman–Crippen MR) is 268 cm³/mol. The van der Waals surface area contributed by atoms with Crippen LogP contribution in [0.2, 0.25) is 0 Å². The van der Waals surface area contributed by atoms with E-state index in [0.29, 0.717) is 0 Å². The van der Waals surface area contributed by atoms with Crippen molar-refractivity contribution in [2.75, 3.05) is 14.7 Å². The molecule has 0 radical (unpaired) electrons. The molecule has 2 aromatic heterocycles. The third-order valence-corrected chi connectivity index (χ3v) is 15.7. The van der Waals surface area contributed by atoms with Gasteiger partial charge in [-0.1, -0.05) is 120 Å². The Morgan fingerprint density at radius 2 is 0.828 bits per heavy atom. The Balaban J connectivity index is 1.11. The Morgan fingerprint density at radius 1 is 0.375 bits per heavy atom. The molecule has 5 aliphatic rings. The van der Waals surface area contributed by atoms with Crippen molar-refractivity contribution in [3.63, 3.8) is 0 Å². The average molecular weight is 834 g/mol. The summed E-state index contributed by atoms with van der Waals surface area (Å²) < 4.78 is 13.4. The predicted octanol–water partition coefficient (Wildman–Crippen LogP) is 11.3. The van der Waals surface area contributed by atoms with Crippen molar-refractivity contribution in [2.24, 2.45) is 0 Å². The number of benzene rings is 9. The van der Waals surface area contributed by atoms with Crippen molar-refractivity contribution in [3.05, 3.63) is 175 Å². The maximum absolute atomic E-state index is 6.71. The maximum atomic E-state index is 6.71. The Kier molecular flexibility index (Phi) is 6.23. The lowest BCUT2D eigenvalue weighted by atomic mass is 9.28. The quantitative estimate of drug-likeness (QED) is 0.162. The summed E-state index contributed by atoms with van der Waals surface area (Å²) in [5.41, 5.74) is 25.0. The standard InChI is InChI=1S/C56H33B2N3O2S/c1-30-21-40-54-50(23-30)64-51-24-31(2)22-41-55(51)61(54)56-52-44(59(32-13-5-3-6-14-32)42-28-48-36(25-38(42)57(40)52)34-17-9-11-19-46(34)62-48)27-45-53(56)58(41)39-26-37-35-18-10-12-20-47(35)63-49(37)29-43(39)60(45)33-15-7-4-8-16-33/h3-29H,1-2H3. The maximum Gasteiger partial charge on any atom is 0.252 e. The summed E-state index contributed by atoms with van der Waals surface area (Å²) in [7, 11) is 0. The van der Waals surface area contributed by atoms with Crippen molar-refractivity contribution >= 4 is 153 Å². The third-order valence-electron chi connectivity index (χ3n) is 14.6. The van der Waals surface area contributed by atoms with Gasteiger partial charge in [-0.25, -0.2) is 0 Å². The third kappa shape index (κ3) is 4.12. The molecule has 0 amide bonds. The lowest BCUT2D eigenvalue weighted by Crippen LogP contribution is -2.69. The van der Waals surface area contributed by atoms with E-state index in [1.54, 1.807) is 0 Å². The van der Waals surface area contributed by atoms with Crippen LogP contribution in [0.15, 0.2) is 182 Å². The number of fused-ring (bicyclic) bond motifs is 12. The molecule has 296 valence electrons. The van der Waals surface area contributed by atoms with Gasteiger partial charge >= 0.3 is 0 Å². The number of nitrogens with zero attached hydrogens (tertiary/aromatic N) is 3. The van der Waals surface area contributed by atoms with E-state index in [9.17, 15) is 0 Å². The van der Waals surface area contributed by atoms with Crippen LogP contribution in [0.1, 0.15) is 11.1 Å². The molecule has 64 heavy (non-hydrogen) atoms. The van der Waals surface area contributed by atoms with Crippen LogP contribution in [0.3, 0.4) is 0 Å². The highest BCUT2D eigenvalue weighted by molar-refractivity contribution is 7.99. The summed E-state index contributed by atoms with van der Waals surface area (Å²) in [6.07, 6.45) is 0. The molecule has 0 aliphatic carbocycles. The molecule has 0 bridgehead atoms. The van der Waals surface area contributed by atoms with Gasteiger partial charge in [0.05, 0.1) is 11.4 Å². The Hall–Kier alpha value is -7.54. The van der Waals surface area contributed by atoms with E-state index in [1.165, 1.54) is 82.1 Å². The molecule has 5 aliphatic heterocycles. The van der Waals surface area contributed by atoms with E-state index in [1.807, 2.05) is 11.8 Å². The average Bonchev–Trinajstić information content (AvgIpc) is 3.87. The Morgan fingerprint density at radius 3 is 1.31 bits per heavy atom. The molecule has 0 spiro atoms. The first kappa shape index (κ1) is 34.0. The van der Waals surface area contributed by atoms with Crippen LogP contribution < -0.4 is 47.5 Å². The van der Waals surface area contributed by atoms with Gasteiger partial charge in [0, 0.05) is 83.3 Å². The molecule has 0 atom stereocenters. The van der Waals surface area contributed by atoms with E-state index < -0.39 is 0 Å². The molecule has 0 unspecified atom stereocenters. The molecule has 0 saturated carbocycles. The molecule has 8 heteroatoms. The van der Waals surface area contributed by atoms with Gasteiger partial charge in [0.25, 0.3) is 13.4 Å². The number of rotatable bonds is 2. The van der Waals surface area contributed by atoms with Crippen molar-refractivity contribution < 1.29 is 8.83 Å². The number of para-hydroxylation sites is 4. The van der Waals surface area contributed by atoms with Crippen LogP contribution in [0.25, 0.3) is 43.9 Å². The first-order chi connectivity index (χ1) is 31.6. The molecule has 0 N–H and O–H groups in total. The molecule has 9 aromatic carbocycles. The number of anilines is 9. The lowest BCUT2D eigenvalue weighted by Gasteiger charge is -2.52. The minimum absolute atomic E-state index is 0.0325. The largest absolute Gasteiger partial charge is 0.456 e. The van der Waals surface area contributed by atoms with Crippen LogP contribution in [-0.2, 0) is 0 Å². The molecule has 16 rings (SSSR count). The second kappa shape index (κ2) is 11.7. The summed E-state index contributed by atoms with van der Waals surface area (Å²) >= 11 is 1.94. The zero-order valence-corrected chi connectivity index (χ0v) is 35.6. The van der Waals surface area contributed by atoms with E-state index in [4.69, 9.17) is 8.83 Å². The van der Waals surface area contributed by atoms with E-state index in [2.05, 4.69) is 192 Å². The first-order valence-corrected chi connectivity index (χ1v) is 23.0. The molecule has 5 nitrogen and oxygen atoms in total. The normalized spacial score (nSPS) is 14.5. The number of aryl methyl sites for hydroxylation is 2. The molecule has 0 saturated heterocycles. The summed E-state index contributed by atoms with van der Waals surface area (Å²) in [6, 6.07) is 60.7. The van der Waals surface area contributed by atoms with Gasteiger partial charge < -0.3 is 23.5 Å². The van der Waals surface area contributed by atoms with Crippen LogP contribution in [0.4, 0.5) is 51.2 Å². The van der Waals surface area contributed by atoms with Crippen molar-refractivity contribution in [3.8, 4) is 0 Å². The minimum Gasteiger partial charge on any atom is -0.456 e. The fourth-order valence-corrected chi connectivity index (χ4v) is 13.6. The van der Waals surface area contributed by atoms with E-state index in [0.717, 1.165) is 66.6 Å². The zero-order valence-electron chi connectivity index (χ0n) is 34.8. The van der Waals surface area contributed by atoms with Crippen molar-refractivity contribution in [1.29, 1.82) is 0 Å². The Bertz CT molecular complexity index is 3700. The highest BCUT2D eigenvalue weighted by Gasteiger charge is 2.54. The van der Waals surface area contributed by atoms with Crippen LogP contribution in [0.5, 0.6) is 0 Å². The fraction of sp³-hybridized carbons (Fsp3) is 0.0357. The second-order valence-electron chi connectivity index (χ2n) is 18.1. The van der Waals surface area contributed by atoms with Crippen LogP contribution in [-0.4, -0.2) is 13.4 Å². The van der Waals surface area contributed by atoms with Crippen LogP contribution in [0, 0.1) is 13.8 Å². The van der Waals surface area contributed by atoms with Gasteiger partial charge in [-0.2, -0.15) is 0 Å². The highest BCUT2D eigenvalue weighted by Crippen LogP contribution is 2.57. The highest BCUT2D eigenvalue weighted by atomic mass is 32.2. The summed E-state index contributed by atoms with van der Waals surface area (Å²) in [5, 5.41) is 4.59. The topological polar surface area (TPSA) is 36.0 Å². The SMILES string of the molecule is Cc1cc2c3c(c1)B1c4cc5c(cc4N(c4ccccc4)c4cc6c7c(c41)N3c1c(cc(C)cc1B7c1cc3c(cc1N6c1ccccc1)oc1ccccc13)S2)oc1ccccc15. The molecular formula is C56H33B2N3O2S. The smallest absolute Gasteiger partial charge is 0.252 e. The summed E-state index contributed by atoms with van der Waals surface area (Å²) in [4.78, 5) is 10.4. The van der Waals surface area contributed by atoms with E-state index >= 15 is 0 Å². The van der Waals surface area contributed by atoms with Gasteiger partial charge in [-0.15, -0.1) is 0 Å². The Labute approximate surface area is 373 Å². The molecule has 7 heterocycles. The first-order valence-electron chi connectivity index (χ1n) is 22.1. The summed E-state index contributed by atoms with van der Waals surface area (Å²) in [5.74, 6) is 0. The number of furan rings is 2. The zero-order chi connectivity index (χ0) is 41.7. The van der Waals surface area contributed by atoms with Gasteiger partial charge in [0.1, 0.15) is 22.3 Å². The number of hydrogen-bond donors (Lipinski definition) is 0. The number of hydrogen-bond acceptors (Lipinski definition) is 6. The summed E-state index contributed by atoms with van der Waals surface area (Å²) in [6.45, 7) is 4.47. The minimum atomic E-state index is -0.0325. The van der Waals surface area contributed by atoms with Gasteiger partial charge in [0.2, 0.25) is 0 Å². The van der Waals surface area contributed by atoms with Crippen LogP contribution >= 0.6 is 11.8 Å². The fourth-order valence-electron chi connectivity index (χ4n) is 12.3. The van der Waals surface area contributed by atoms with Crippen molar-refractivity contribution in [2.45, 2.75) is 23.6 Å². The van der Waals surface area contributed by atoms with Gasteiger partial charge in [-0.3, -0.25) is 0 Å². The molecule has 0 fully saturated rings. The van der Waals surface area contributed by atoms with Crippen molar-refractivity contribution in [1.82, 2.24) is 0 Å². The molecule has 11 aromatic rings. The van der Waals surface area contributed by atoms with Gasteiger partial charge in [0.15, 0.2) is 0 Å². The molecular weight excluding hydrogens is 800 g/mol. The second-order valence-corrected chi connectivity index (χ2v) is 19.2.